The Bertz CT molecular complexity index is 1200. The zero-order valence-electron chi connectivity index (χ0n) is 25.3. The molecule has 2 rings (SSSR count). The first kappa shape index (κ1) is 34.4. The lowest BCUT2D eigenvalue weighted by Crippen LogP contribution is -2.53. The molecule has 230 valence electrons. The van der Waals surface area contributed by atoms with Gasteiger partial charge in [0.05, 0.1) is 29.2 Å². The molecule has 2 aromatic rings. The molecule has 2 aromatic carbocycles. The molecule has 0 spiro atoms. The van der Waals surface area contributed by atoms with Crippen molar-refractivity contribution in [2.45, 2.75) is 78.7 Å². The summed E-state index contributed by atoms with van der Waals surface area (Å²) in [6.45, 7) is 10.6. The number of hydrogen-bond donors (Lipinski definition) is 5. The van der Waals surface area contributed by atoms with Gasteiger partial charge in [0.2, 0.25) is 11.8 Å². The zero-order chi connectivity index (χ0) is 31.4. The van der Waals surface area contributed by atoms with E-state index >= 15 is 0 Å². The summed E-state index contributed by atoms with van der Waals surface area (Å²) < 4.78 is 0. The van der Waals surface area contributed by atoms with Crippen LogP contribution in [0.25, 0.3) is 0 Å². The highest BCUT2D eigenvalue weighted by atomic mass is 16.3. The molecule has 10 nitrogen and oxygen atoms in total. The van der Waals surface area contributed by atoms with E-state index in [-0.39, 0.29) is 41.5 Å². The number of aliphatic hydroxyl groups excluding tert-OH is 2. The number of nitrogens with one attached hydrogen (secondary N) is 2. The molecule has 0 aliphatic carbocycles. The number of nitrogens with two attached hydrogens (primary N) is 1. The highest BCUT2D eigenvalue weighted by Gasteiger charge is 2.35. The van der Waals surface area contributed by atoms with Gasteiger partial charge in [-0.15, -0.1) is 0 Å². The first-order valence-corrected chi connectivity index (χ1v) is 14.6. The molecule has 10 heteroatoms. The predicted molar refractivity (Wildman–Crippen MR) is 162 cm³/mol. The second-order valence-corrected chi connectivity index (χ2v) is 11.1. The predicted octanol–water partition coefficient (Wildman–Crippen LogP) is 2.87. The Morgan fingerprint density at radius 3 is 2.05 bits per heavy atom. The number of benzene rings is 2. The normalized spacial score (nSPS) is 14.0. The molecule has 0 fully saturated rings. The molecule has 6 N–H and O–H groups in total. The van der Waals surface area contributed by atoms with Crippen LogP contribution >= 0.6 is 0 Å². The van der Waals surface area contributed by atoms with Crippen LogP contribution in [-0.4, -0.2) is 70.1 Å². The first-order valence-electron chi connectivity index (χ1n) is 14.6. The molecule has 42 heavy (non-hydrogen) atoms. The fraction of sp³-hybridized carbons (Fsp3) is 0.500. The molecule has 0 bridgehead atoms. The molecule has 0 saturated heterocycles. The quantitative estimate of drug-likeness (QED) is 0.204. The van der Waals surface area contributed by atoms with Crippen LogP contribution in [0.5, 0.6) is 0 Å². The Balaban J connectivity index is 2.28. The smallest absolute Gasteiger partial charge is 0.253 e. The van der Waals surface area contributed by atoms with Crippen molar-refractivity contribution in [2.24, 2.45) is 17.6 Å². The number of hydrogen-bond acceptors (Lipinski definition) is 6. The number of carbonyl (C=O) groups excluding carboxylic acids is 4. The third kappa shape index (κ3) is 9.66. The van der Waals surface area contributed by atoms with E-state index in [1.54, 1.807) is 4.90 Å². The van der Waals surface area contributed by atoms with Crippen LogP contribution in [-0.2, 0) is 11.3 Å². The summed E-state index contributed by atoms with van der Waals surface area (Å²) in [5, 5.41) is 27.6. The third-order valence-electron chi connectivity index (χ3n) is 7.09. The van der Waals surface area contributed by atoms with Crippen molar-refractivity contribution in [3.8, 4) is 0 Å². The SMILES string of the molecule is CCCN(CCC)C(=O)c1ccc(C(N)=O)c(C(=O)N[C@@H](CC(C)C)[C@@H](O)[C@H](O)[C@@H](C)C(=O)NCc2ccccc2)c1. The van der Waals surface area contributed by atoms with E-state index in [9.17, 15) is 29.4 Å². The van der Waals surface area contributed by atoms with Crippen LogP contribution in [0.3, 0.4) is 0 Å². The molecule has 0 radical (unpaired) electrons. The average Bonchev–Trinajstić information content (AvgIpc) is 2.97. The molecular weight excluding hydrogens is 536 g/mol. The van der Waals surface area contributed by atoms with Gasteiger partial charge in [0.1, 0.15) is 6.10 Å². The van der Waals surface area contributed by atoms with Crippen molar-refractivity contribution < 1.29 is 29.4 Å². The molecule has 4 amide bonds. The number of amides is 4. The van der Waals surface area contributed by atoms with Crippen LogP contribution < -0.4 is 16.4 Å². The minimum Gasteiger partial charge on any atom is -0.390 e. The van der Waals surface area contributed by atoms with Crippen LogP contribution in [0.2, 0.25) is 0 Å². The summed E-state index contributed by atoms with van der Waals surface area (Å²) >= 11 is 0. The average molecular weight is 583 g/mol. The summed E-state index contributed by atoms with van der Waals surface area (Å²) in [4.78, 5) is 53.4. The summed E-state index contributed by atoms with van der Waals surface area (Å²) in [6.07, 6.45) is -1.20. The first-order chi connectivity index (χ1) is 19.9. The van der Waals surface area contributed by atoms with Gasteiger partial charge in [-0.3, -0.25) is 19.2 Å². The van der Waals surface area contributed by atoms with Gasteiger partial charge in [-0.25, -0.2) is 0 Å². The summed E-state index contributed by atoms with van der Waals surface area (Å²) in [6, 6.07) is 12.5. The van der Waals surface area contributed by atoms with E-state index in [2.05, 4.69) is 10.6 Å². The number of carbonyl (C=O) groups is 4. The van der Waals surface area contributed by atoms with Gasteiger partial charge in [0, 0.05) is 25.2 Å². The van der Waals surface area contributed by atoms with E-state index in [1.165, 1.54) is 25.1 Å². The Hall–Kier alpha value is -3.76. The monoisotopic (exact) mass is 582 g/mol. The standard InChI is InChI=1S/C32H46N4O6/c1-6-15-36(16-7-2)32(42)23-13-14-24(29(33)39)25(18-23)31(41)35-26(17-20(3)4)28(38)27(37)21(5)30(40)34-19-22-11-9-8-10-12-22/h8-14,18,20-21,26-28,37-38H,6-7,15-17,19H2,1-5H3,(H2,33,39)(H,34,40)(H,35,41)/t21-,26+,27-,28-/m1/s1. The molecule has 0 unspecified atom stereocenters. The van der Waals surface area contributed by atoms with Gasteiger partial charge in [0.15, 0.2) is 0 Å². The minimum absolute atomic E-state index is 0.000433. The van der Waals surface area contributed by atoms with Crippen molar-refractivity contribution >= 4 is 23.6 Å². The van der Waals surface area contributed by atoms with Gasteiger partial charge < -0.3 is 31.5 Å². The van der Waals surface area contributed by atoms with Crippen LogP contribution in [0.1, 0.15) is 90.5 Å². The van der Waals surface area contributed by atoms with Crippen molar-refractivity contribution in [1.29, 1.82) is 0 Å². The second-order valence-electron chi connectivity index (χ2n) is 11.1. The zero-order valence-corrected chi connectivity index (χ0v) is 25.3. The summed E-state index contributed by atoms with van der Waals surface area (Å²) in [7, 11) is 0. The van der Waals surface area contributed by atoms with Gasteiger partial charge in [-0.1, -0.05) is 65.0 Å². The van der Waals surface area contributed by atoms with Gasteiger partial charge in [0.25, 0.3) is 11.8 Å². The van der Waals surface area contributed by atoms with Gasteiger partial charge in [-0.2, -0.15) is 0 Å². The lowest BCUT2D eigenvalue weighted by Gasteiger charge is -2.31. The molecule has 0 aliphatic rings. The number of rotatable bonds is 16. The molecule has 0 saturated carbocycles. The second kappa shape index (κ2) is 16.6. The van der Waals surface area contributed by atoms with Crippen molar-refractivity contribution in [3.05, 3.63) is 70.8 Å². The number of nitrogens with zero attached hydrogens (tertiary/aromatic N) is 1. The van der Waals surface area contributed by atoms with E-state index in [4.69, 9.17) is 5.73 Å². The lowest BCUT2D eigenvalue weighted by atomic mass is 9.89. The molecule has 0 aromatic heterocycles. The van der Waals surface area contributed by atoms with E-state index in [1.807, 2.05) is 58.0 Å². The maximum absolute atomic E-state index is 13.5. The molecule has 0 aliphatic heterocycles. The van der Waals surface area contributed by atoms with Gasteiger partial charge in [-0.05, 0) is 48.9 Å². The number of primary amides is 1. The minimum atomic E-state index is -1.50. The van der Waals surface area contributed by atoms with E-state index < -0.39 is 41.9 Å². The lowest BCUT2D eigenvalue weighted by molar-refractivity contribution is -0.132. The maximum atomic E-state index is 13.5. The van der Waals surface area contributed by atoms with Gasteiger partial charge >= 0.3 is 0 Å². The van der Waals surface area contributed by atoms with Crippen molar-refractivity contribution in [2.75, 3.05) is 13.1 Å². The molecule has 4 atom stereocenters. The summed E-state index contributed by atoms with van der Waals surface area (Å²) in [5.74, 6) is -3.28. The fourth-order valence-corrected chi connectivity index (χ4v) is 4.79. The third-order valence-corrected chi connectivity index (χ3v) is 7.09. The van der Waals surface area contributed by atoms with E-state index in [0.29, 0.717) is 13.1 Å². The van der Waals surface area contributed by atoms with E-state index in [0.717, 1.165) is 18.4 Å². The fourth-order valence-electron chi connectivity index (χ4n) is 4.79. The topological polar surface area (TPSA) is 162 Å². The Kier molecular flexibility index (Phi) is 13.6. The Morgan fingerprint density at radius 1 is 0.881 bits per heavy atom. The summed E-state index contributed by atoms with van der Waals surface area (Å²) in [5.41, 5.74) is 6.49. The highest BCUT2D eigenvalue weighted by Crippen LogP contribution is 2.20. The van der Waals surface area contributed by atoms with Crippen LogP contribution in [0, 0.1) is 11.8 Å². The van der Waals surface area contributed by atoms with Crippen molar-refractivity contribution in [3.63, 3.8) is 0 Å². The maximum Gasteiger partial charge on any atom is 0.253 e. The molecular formula is C32H46N4O6. The highest BCUT2D eigenvalue weighted by molar-refractivity contribution is 6.08. The largest absolute Gasteiger partial charge is 0.390 e. The number of aliphatic hydroxyl groups is 2. The van der Waals surface area contributed by atoms with Crippen LogP contribution in [0.4, 0.5) is 0 Å². The molecule has 0 heterocycles. The van der Waals surface area contributed by atoms with Crippen LogP contribution in [0.15, 0.2) is 48.5 Å². The Labute approximate surface area is 248 Å². The van der Waals surface area contributed by atoms with Crippen molar-refractivity contribution in [1.82, 2.24) is 15.5 Å². The Morgan fingerprint density at radius 2 is 1.50 bits per heavy atom.